The van der Waals surface area contributed by atoms with Gasteiger partial charge in [-0.2, -0.15) is 0 Å². The number of para-hydroxylation sites is 1. The number of rotatable bonds is 8. The Morgan fingerprint density at radius 1 is 1.06 bits per heavy atom. The topological polar surface area (TPSA) is 85.3 Å². The Labute approximate surface area is 200 Å². The Morgan fingerprint density at radius 2 is 1.76 bits per heavy atom. The number of hydrogen-bond donors (Lipinski definition) is 1. The van der Waals surface area contributed by atoms with Crippen molar-refractivity contribution < 1.29 is 28.9 Å². The Morgan fingerprint density at radius 3 is 2.38 bits per heavy atom. The molecule has 1 atom stereocenters. The summed E-state index contributed by atoms with van der Waals surface area (Å²) in [7, 11) is 3.06. The molecule has 1 heterocycles. The van der Waals surface area contributed by atoms with Gasteiger partial charge in [-0.3, -0.25) is 9.59 Å². The lowest BCUT2D eigenvalue weighted by Crippen LogP contribution is -2.32. The molecule has 2 aromatic carbocycles. The number of ketones is 1. The molecule has 1 amide bonds. The van der Waals surface area contributed by atoms with Gasteiger partial charge < -0.3 is 24.2 Å². The molecular weight excluding hydrogens is 434 g/mol. The number of Topliss-reactive ketones (excluding diaryl/α,β-unsaturated/α-hetero) is 1. The number of nitrogens with zero attached hydrogens (tertiary/aromatic N) is 1. The van der Waals surface area contributed by atoms with Crippen molar-refractivity contribution in [1.29, 1.82) is 0 Å². The first-order valence-corrected chi connectivity index (χ1v) is 11.3. The second-order valence-corrected chi connectivity index (χ2v) is 9.12. The van der Waals surface area contributed by atoms with Crippen molar-refractivity contribution in [2.45, 2.75) is 39.2 Å². The first kappa shape index (κ1) is 25.3. The number of amides is 1. The summed E-state index contributed by atoms with van der Waals surface area (Å²) in [5.41, 5.74) is 1.70. The van der Waals surface area contributed by atoms with Crippen molar-refractivity contribution in [3.63, 3.8) is 0 Å². The summed E-state index contributed by atoms with van der Waals surface area (Å²) in [5, 5.41) is 11.4. The van der Waals surface area contributed by atoms with Crippen LogP contribution in [0.5, 0.6) is 11.5 Å². The fourth-order valence-electron chi connectivity index (χ4n) is 4.22. The monoisotopic (exact) mass is 467 g/mol. The lowest BCUT2D eigenvalue weighted by molar-refractivity contribution is -0.140. The highest BCUT2D eigenvalue weighted by Gasteiger charge is 2.47. The second kappa shape index (κ2) is 10.3. The quantitative estimate of drug-likeness (QED) is 0.351. The molecule has 182 valence electrons. The minimum atomic E-state index is -0.809. The van der Waals surface area contributed by atoms with Crippen LogP contribution in [0.3, 0.4) is 0 Å². The Hall–Kier alpha value is -3.32. The molecule has 7 nitrogen and oxygen atoms in total. The van der Waals surface area contributed by atoms with E-state index in [0.29, 0.717) is 29.2 Å². The average molecular weight is 468 g/mol. The van der Waals surface area contributed by atoms with E-state index in [4.69, 9.17) is 14.2 Å². The third-order valence-electron chi connectivity index (χ3n) is 5.87. The van der Waals surface area contributed by atoms with Gasteiger partial charge >= 0.3 is 0 Å². The van der Waals surface area contributed by atoms with Gasteiger partial charge in [0.15, 0.2) is 0 Å². The Kier molecular flexibility index (Phi) is 7.67. The third kappa shape index (κ3) is 4.80. The van der Waals surface area contributed by atoms with Crippen LogP contribution in [0.4, 0.5) is 0 Å². The summed E-state index contributed by atoms with van der Waals surface area (Å²) in [6.07, 6.45) is 0. The van der Waals surface area contributed by atoms with Crippen molar-refractivity contribution in [1.82, 2.24) is 4.90 Å². The zero-order valence-corrected chi connectivity index (χ0v) is 20.7. The van der Waals surface area contributed by atoms with E-state index >= 15 is 0 Å². The lowest BCUT2D eigenvalue weighted by Gasteiger charge is -2.26. The van der Waals surface area contributed by atoms with Gasteiger partial charge in [0.1, 0.15) is 17.3 Å². The predicted molar refractivity (Wildman–Crippen MR) is 130 cm³/mol. The zero-order valence-electron chi connectivity index (χ0n) is 20.7. The third-order valence-corrected chi connectivity index (χ3v) is 5.87. The highest BCUT2D eigenvalue weighted by atomic mass is 16.5. The molecule has 0 bridgehead atoms. The summed E-state index contributed by atoms with van der Waals surface area (Å²) in [6.45, 7) is 9.00. The van der Waals surface area contributed by atoms with E-state index in [-0.39, 0.29) is 29.9 Å². The standard InChI is InChI=1S/C27H33NO6/c1-7-34-21-13-12-17(16-19(21)27(2,3)4)24(29)22-23(18-10-8-9-11-20(18)33-6)28(14-15-32-5)26(31)25(22)30/h8-13,16,23,29H,7,14-15H2,1-6H3/b24-22+. The molecule has 1 unspecified atom stereocenters. The molecule has 0 radical (unpaired) electrons. The van der Waals surface area contributed by atoms with Crippen LogP contribution in [0.2, 0.25) is 0 Å². The van der Waals surface area contributed by atoms with Crippen LogP contribution in [0.1, 0.15) is 50.4 Å². The molecule has 1 aliphatic heterocycles. The number of carbonyl (C=O) groups excluding carboxylic acids is 2. The highest BCUT2D eigenvalue weighted by molar-refractivity contribution is 6.46. The minimum absolute atomic E-state index is 0.0228. The Balaban J connectivity index is 2.24. The number of aliphatic hydroxyl groups is 1. The summed E-state index contributed by atoms with van der Waals surface area (Å²) in [5.74, 6) is -0.423. The van der Waals surface area contributed by atoms with Gasteiger partial charge in [-0.05, 0) is 36.6 Å². The maximum atomic E-state index is 13.2. The number of carbonyl (C=O) groups is 2. The van der Waals surface area contributed by atoms with E-state index in [2.05, 4.69) is 0 Å². The fraction of sp³-hybridized carbons (Fsp3) is 0.407. The fourth-order valence-corrected chi connectivity index (χ4v) is 4.22. The summed E-state index contributed by atoms with van der Waals surface area (Å²) in [6, 6.07) is 11.7. The van der Waals surface area contributed by atoms with E-state index < -0.39 is 17.7 Å². The van der Waals surface area contributed by atoms with Gasteiger partial charge in [-0.15, -0.1) is 0 Å². The smallest absolute Gasteiger partial charge is 0.295 e. The molecule has 3 rings (SSSR count). The molecule has 1 aliphatic rings. The first-order chi connectivity index (χ1) is 16.1. The summed E-state index contributed by atoms with van der Waals surface area (Å²) in [4.78, 5) is 27.7. The van der Waals surface area contributed by atoms with Gasteiger partial charge in [-0.25, -0.2) is 0 Å². The van der Waals surface area contributed by atoms with E-state index in [1.807, 2.05) is 45.9 Å². The molecule has 34 heavy (non-hydrogen) atoms. The molecule has 0 aliphatic carbocycles. The van der Waals surface area contributed by atoms with E-state index in [1.54, 1.807) is 24.3 Å². The van der Waals surface area contributed by atoms with Crippen LogP contribution in [-0.4, -0.2) is 55.7 Å². The van der Waals surface area contributed by atoms with Gasteiger partial charge in [0, 0.05) is 30.3 Å². The van der Waals surface area contributed by atoms with Crippen molar-refractivity contribution in [2.24, 2.45) is 0 Å². The molecular formula is C27H33NO6. The SMILES string of the molecule is CCOc1ccc(/C(O)=C2\C(=O)C(=O)N(CCOC)C2c2ccccc2OC)cc1C(C)(C)C. The maximum absolute atomic E-state index is 13.2. The van der Waals surface area contributed by atoms with Gasteiger partial charge in [-0.1, -0.05) is 39.0 Å². The van der Waals surface area contributed by atoms with Crippen molar-refractivity contribution >= 4 is 17.4 Å². The number of aliphatic hydroxyl groups excluding tert-OH is 1. The van der Waals surface area contributed by atoms with Crippen molar-refractivity contribution in [3.8, 4) is 11.5 Å². The number of methoxy groups -OCH3 is 2. The van der Waals surface area contributed by atoms with Crippen molar-refractivity contribution in [3.05, 3.63) is 64.7 Å². The zero-order chi connectivity index (χ0) is 25.0. The average Bonchev–Trinajstić information content (AvgIpc) is 3.06. The van der Waals surface area contributed by atoms with Gasteiger partial charge in [0.25, 0.3) is 11.7 Å². The molecule has 2 aromatic rings. The maximum Gasteiger partial charge on any atom is 0.295 e. The molecule has 1 N–H and O–H groups in total. The van der Waals surface area contributed by atoms with E-state index in [0.717, 1.165) is 5.56 Å². The van der Waals surface area contributed by atoms with Crippen LogP contribution in [-0.2, 0) is 19.7 Å². The predicted octanol–water partition coefficient (Wildman–Crippen LogP) is 4.46. The van der Waals surface area contributed by atoms with E-state index in [9.17, 15) is 14.7 Å². The number of likely N-dealkylation sites (tertiary alicyclic amines) is 1. The largest absolute Gasteiger partial charge is 0.507 e. The molecule has 0 saturated carbocycles. The molecule has 1 fully saturated rings. The van der Waals surface area contributed by atoms with Crippen LogP contribution in [0.15, 0.2) is 48.0 Å². The van der Waals surface area contributed by atoms with Crippen LogP contribution >= 0.6 is 0 Å². The number of hydrogen-bond acceptors (Lipinski definition) is 6. The van der Waals surface area contributed by atoms with Gasteiger partial charge in [0.2, 0.25) is 0 Å². The highest BCUT2D eigenvalue weighted by Crippen LogP contribution is 2.43. The Bertz CT molecular complexity index is 1100. The molecule has 1 saturated heterocycles. The summed E-state index contributed by atoms with van der Waals surface area (Å²) >= 11 is 0. The normalized spacial score (nSPS) is 17.8. The number of benzene rings is 2. The summed E-state index contributed by atoms with van der Waals surface area (Å²) < 4.78 is 16.5. The molecule has 7 heteroatoms. The minimum Gasteiger partial charge on any atom is -0.507 e. The first-order valence-electron chi connectivity index (χ1n) is 11.3. The van der Waals surface area contributed by atoms with Crippen LogP contribution < -0.4 is 9.47 Å². The van der Waals surface area contributed by atoms with Crippen molar-refractivity contribution in [2.75, 3.05) is 34.0 Å². The molecule has 0 aromatic heterocycles. The number of ether oxygens (including phenoxy) is 3. The molecule has 0 spiro atoms. The van der Waals surface area contributed by atoms with Crippen LogP contribution in [0.25, 0.3) is 5.76 Å². The second-order valence-electron chi connectivity index (χ2n) is 9.12. The lowest BCUT2D eigenvalue weighted by atomic mass is 9.84. The van der Waals surface area contributed by atoms with Crippen LogP contribution in [0, 0.1) is 0 Å². The van der Waals surface area contributed by atoms with E-state index in [1.165, 1.54) is 19.1 Å². The van der Waals surface area contributed by atoms with Gasteiger partial charge in [0.05, 0.1) is 31.9 Å².